The van der Waals surface area contributed by atoms with E-state index >= 15 is 0 Å². The monoisotopic (exact) mass is 241 g/mol. The Morgan fingerprint density at radius 3 is 1.94 bits per heavy atom. The van der Waals surface area contributed by atoms with Crippen molar-refractivity contribution in [3.8, 4) is 0 Å². The molecular formula is C9H14F3NO3. The normalized spacial score (nSPS) is 20.9. The van der Waals surface area contributed by atoms with Crippen molar-refractivity contribution < 1.29 is 27.4 Å². The van der Waals surface area contributed by atoms with Crippen molar-refractivity contribution in [1.82, 2.24) is 4.90 Å². The number of carbonyl (C=O) groups excluding carboxylic acids is 1. The molecule has 0 unspecified atom stereocenters. The van der Waals surface area contributed by atoms with Gasteiger partial charge in [-0.3, -0.25) is 4.79 Å². The molecule has 7 heteroatoms. The first-order chi connectivity index (χ1) is 7.34. The Bertz CT molecular complexity index is 253. The van der Waals surface area contributed by atoms with Crippen LogP contribution in [0, 0.1) is 0 Å². The quantitative estimate of drug-likeness (QED) is 0.681. The molecule has 1 saturated heterocycles. The Balaban J connectivity index is 2.59. The van der Waals surface area contributed by atoms with Gasteiger partial charge in [-0.25, -0.2) is 0 Å². The van der Waals surface area contributed by atoms with Crippen LogP contribution in [0.25, 0.3) is 0 Å². The summed E-state index contributed by atoms with van der Waals surface area (Å²) in [5.74, 6) is -2.66. The zero-order valence-electron chi connectivity index (χ0n) is 9.13. The number of piperidine rings is 1. The minimum Gasteiger partial charge on any atom is -0.353 e. The number of likely N-dealkylation sites (tertiary alicyclic amines) is 1. The zero-order chi connectivity index (χ0) is 12.4. The molecule has 0 aliphatic carbocycles. The van der Waals surface area contributed by atoms with Gasteiger partial charge in [-0.1, -0.05) is 0 Å². The predicted molar refractivity (Wildman–Crippen MR) is 48.6 cm³/mol. The smallest absolute Gasteiger partial charge is 0.353 e. The van der Waals surface area contributed by atoms with Gasteiger partial charge < -0.3 is 14.4 Å². The molecule has 1 amide bonds. The third kappa shape index (κ3) is 2.65. The van der Waals surface area contributed by atoms with E-state index in [1.54, 1.807) is 0 Å². The van der Waals surface area contributed by atoms with Crippen LogP contribution in [-0.4, -0.2) is 50.1 Å². The molecule has 94 valence electrons. The molecule has 0 atom stereocenters. The molecule has 1 heterocycles. The largest absolute Gasteiger partial charge is 0.471 e. The highest BCUT2D eigenvalue weighted by molar-refractivity contribution is 5.81. The molecule has 1 fully saturated rings. The topological polar surface area (TPSA) is 38.8 Å². The lowest BCUT2D eigenvalue weighted by Crippen LogP contribution is -2.51. The maximum absolute atomic E-state index is 12.1. The van der Waals surface area contributed by atoms with Crippen molar-refractivity contribution in [2.45, 2.75) is 24.8 Å². The maximum Gasteiger partial charge on any atom is 0.471 e. The molecule has 0 aromatic rings. The van der Waals surface area contributed by atoms with Crippen LogP contribution in [0.1, 0.15) is 12.8 Å². The summed E-state index contributed by atoms with van der Waals surface area (Å²) in [5.41, 5.74) is 0. The minimum atomic E-state index is -4.81. The van der Waals surface area contributed by atoms with E-state index in [9.17, 15) is 18.0 Å². The lowest BCUT2D eigenvalue weighted by atomic mass is 10.0. The van der Waals surface area contributed by atoms with Gasteiger partial charge in [0, 0.05) is 40.2 Å². The number of carbonyl (C=O) groups is 1. The molecule has 0 bridgehead atoms. The van der Waals surface area contributed by atoms with Gasteiger partial charge in [0.1, 0.15) is 0 Å². The predicted octanol–water partition coefficient (Wildman–Crippen LogP) is 1.16. The minimum absolute atomic E-state index is 0.0139. The number of amides is 1. The van der Waals surface area contributed by atoms with E-state index in [0.29, 0.717) is 0 Å². The number of rotatable bonds is 2. The molecule has 16 heavy (non-hydrogen) atoms. The SMILES string of the molecule is COC1(OC)CCN(C(=O)C(F)(F)F)CC1. The lowest BCUT2D eigenvalue weighted by Gasteiger charge is -2.39. The van der Waals surface area contributed by atoms with Gasteiger partial charge in [0.25, 0.3) is 0 Å². The van der Waals surface area contributed by atoms with Gasteiger partial charge in [-0.15, -0.1) is 0 Å². The summed E-state index contributed by atoms with van der Waals surface area (Å²) >= 11 is 0. The van der Waals surface area contributed by atoms with Crippen molar-refractivity contribution in [3.63, 3.8) is 0 Å². The van der Waals surface area contributed by atoms with Crippen LogP contribution >= 0.6 is 0 Å². The molecule has 4 nitrogen and oxygen atoms in total. The number of halogens is 3. The highest BCUT2D eigenvalue weighted by Gasteiger charge is 2.45. The Morgan fingerprint density at radius 2 is 1.62 bits per heavy atom. The fourth-order valence-corrected chi connectivity index (χ4v) is 1.72. The number of methoxy groups -OCH3 is 2. The van der Waals surface area contributed by atoms with E-state index in [2.05, 4.69) is 0 Å². The number of nitrogens with zero attached hydrogens (tertiary/aromatic N) is 1. The Labute approximate surface area is 91.3 Å². The molecule has 0 spiro atoms. The summed E-state index contributed by atoms with van der Waals surface area (Å²) in [5, 5.41) is 0. The fourth-order valence-electron chi connectivity index (χ4n) is 1.72. The second-order valence-corrected chi connectivity index (χ2v) is 3.61. The molecular weight excluding hydrogens is 227 g/mol. The summed E-state index contributed by atoms with van der Waals surface area (Å²) in [7, 11) is 2.87. The fraction of sp³-hybridized carbons (Fsp3) is 0.889. The summed E-state index contributed by atoms with van der Waals surface area (Å²) in [6.45, 7) is -0.0277. The third-order valence-electron chi connectivity index (χ3n) is 2.80. The maximum atomic E-state index is 12.1. The van der Waals surface area contributed by atoms with Crippen molar-refractivity contribution >= 4 is 5.91 Å². The highest BCUT2D eigenvalue weighted by atomic mass is 19.4. The van der Waals surface area contributed by atoms with Gasteiger partial charge in [-0.2, -0.15) is 13.2 Å². The van der Waals surface area contributed by atoms with Crippen LogP contribution in [0.15, 0.2) is 0 Å². The van der Waals surface area contributed by atoms with E-state index in [1.165, 1.54) is 14.2 Å². The van der Waals surface area contributed by atoms with Crippen LogP contribution in [-0.2, 0) is 14.3 Å². The molecule has 0 aromatic carbocycles. The van der Waals surface area contributed by atoms with Gasteiger partial charge >= 0.3 is 12.1 Å². The van der Waals surface area contributed by atoms with Crippen molar-refractivity contribution in [1.29, 1.82) is 0 Å². The second kappa shape index (κ2) is 4.58. The van der Waals surface area contributed by atoms with E-state index in [-0.39, 0.29) is 25.9 Å². The van der Waals surface area contributed by atoms with Gasteiger partial charge in [0.05, 0.1) is 0 Å². The molecule has 0 N–H and O–H groups in total. The molecule has 0 aromatic heterocycles. The zero-order valence-corrected chi connectivity index (χ0v) is 9.13. The summed E-state index contributed by atoms with van der Waals surface area (Å²) in [6.07, 6.45) is -4.33. The first-order valence-electron chi connectivity index (χ1n) is 4.81. The van der Waals surface area contributed by atoms with Crippen molar-refractivity contribution in [2.75, 3.05) is 27.3 Å². The average molecular weight is 241 g/mol. The number of hydrogen-bond acceptors (Lipinski definition) is 3. The molecule has 1 aliphatic heterocycles. The van der Waals surface area contributed by atoms with E-state index in [1.807, 2.05) is 0 Å². The van der Waals surface area contributed by atoms with Gasteiger partial charge in [0.15, 0.2) is 5.79 Å². The van der Waals surface area contributed by atoms with E-state index in [0.717, 1.165) is 4.90 Å². The summed E-state index contributed by atoms with van der Waals surface area (Å²) in [4.78, 5) is 11.7. The van der Waals surface area contributed by atoms with Gasteiger partial charge in [0.2, 0.25) is 0 Å². The highest BCUT2D eigenvalue weighted by Crippen LogP contribution is 2.28. The average Bonchev–Trinajstić information content (AvgIpc) is 2.27. The standard InChI is InChI=1S/C9H14F3NO3/c1-15-8(16-2)3-5-13(6-4-8)7(14)9(10,11)12/h3-6H2,1-2H3. The Hall–Kier alpha value is -0.820. The second-order valence-electron chi connectivity index (χ2n) is 3.61. The molecule has 1 aliphatic rings. The lowest BCUT2D eigenvalue weighted by molar-refractivity contribution is -0.234. The Morgan fingerprint density at radius 1 is 1.19 bits per heavy atom. The van der Waals surface area contributed by atoms with Gasteiger partial charge in [-0.05, 0) is 0 Å². The number of ether oxygens (including phenoxy) is 2. The number of alkyl halides is 3. The van der Waals surface area contributed by atoms with Crippen LogP contribution in [0.4, 0.5) is 13.2 Å². The summed E-state index contributed by atoms with van der Waals surface area (Å²) in [6, 6.07) is 0. The van der Waals surface area contributed by atoms with Crippen LogP contribution in [0.3, 0.4) is 0 Å². The summed E-state index contributed by atoms with van der Waals surface area (Å²) < 4.78 is 46.6. The molecule has 0 saturated carbocycles. The van der Waals surface area contributed by atoms with Crippen LogP contribution in [0.5, 0.6) is 0 Å². The van der Waals surface area contributed by atoms with Crippen LogP contribution in [0.2, 0.25) is 0 Å². The van der Waals surface area contributed by atoms with Crippen molar-refractivity contribution in [2.24, 2.45) is 0 Å². The van der Waals surface area contributed by atoms with Crippen LogP contribution < -0.4 is 0 Å². The number of hydrogen-bond donors (Lipinski definition) is 0. The first-order valence-corrected chi connectivity index (χ1v) is 4.81. The van der Waals surface area contributed by atoms with Crippen molar-refractivity contribution in [3.05, 3.63) is 0 Å². The Kier molecular flexibility index (Phi) is 3.80. The molecule has 0 radical (unpaired) electrons. The third-order valence-corrected chi connectivity index (χ3v) is 2.80. The molecule has 1 rings (SSSR count). The van der Waals surface area contributed by atoms with E-state index < -0.39 is 17.9 Å². The first kappa shape index (κ1) is 13.2. The van der Waals surface area contributed by atoms with E-state index in [4.69, 9.17) is 9.47 Å².